The molecule has 0 saturated carbocycles. The molecule has 51 heavy (non-hydrogen) atoms. The van der Waals surface area contributed by atoms with Crippen molar-refractivity contribution in [2.45, 2.75) is 0 Å². The molecule has 0 saturated heterocycles. The molecule has 0 amide bonds. The zero-order chi connectivity index (χ0) is 33.7. The van der Waals surface area contributed by atoms with Crippen molar-refractivity contribution in [2.75, 3.05) is 0 Å². The smallest absolute Gasteiger partial charge is 0.143 e. The molecule has 0 N–H and O–H groups in total. The Kier molecular flexibility index (Phi) is 6.81. The molecule has 0 aliphatic carbocycles. The minimum atomic E-state index is 0.760. The molecule has 0 atom stereocenters. The molecule has 9 aromatic rings. The normalized spacial score (nSPS) is 11.8. The van der Waals surface area contributed by atoms with E-state index in [9.17, 15) is 0 Å². The van der Waals surface area contributed by atoms with Crippen molar-refractivity contribution in [2.24, 2.45) is 0 Å². The number of aromatic nitrogens is 1. The van der Waals surface area contributed by atoms with E-state index in [2.05, 4.69) is 162 Å². The first-order valence-corrected chi connectivity index (χ1v) is 17.3. The summed E-state index contributed by atoms with van der Waals surface area (Å²) in [6.07, 6.45) is 0. The molecule has 3 heteroatoms. The molecule has 0 unspecified atom stereocenters. The number of fused-ring (bicyclic) bond motifs is 9. The Morgan fingerprint density at radius 3 is 1.69 bits per heavy atom. The van der Waals surface area contributed by atoms with E-state index in [0.29, 0.717) is 0 Å². The monoisotopic (exact) mass is 653 g/mol. The van der Waals surface area contributed by atoms with Gasteiger partial charge in [0.15, 0.2) is 0 Å². The van der Waals surface area contributed by atoms with Crippen LogP contribution >= 0.6 is 0 Å². The highest BCUT2D eigenvalue weighted by molar-refractivity contribution is 6.14. The van der Waals surface area contributed by atoms with Crippen molar-refractivity contribution in [3.8, 4) is 73.2 Å². The lowest BCUT2D eigenvalue weighted by Crippen LogP contribution is -2.01. The third-order valence-corrected chi connectivity index (χ3v) is 9.89. The highest BCUT2D eigenvalue weighted by Crippen LogP contribution is 2.52. The van der Waals surface area contributed by atoms with Crippen LogP contribution in [0.4, 0.5) is 0 Å². The Balaban J connectivity index is 1.31. The maximum Gasteiger partial charge on any atom is 0.143 e. The van der Waals surface area contributed by atoms with Crippen LogP contribution in [0.5, 0.6) is 23.0 Å². The van der Waals surface area contributed by atoms with Crippen molar-refractivity contribution >= 4 is 21.8 Å². The van der Waals surface area contributed by atoms with E-state index in [0.717, 1.165) is 84.2 Å². The molecule has 0 bridgehead atoms. The molecule has 240 valence electrons. The highest BCUT2D eigenvalue weighted by Gasteiger charge is 2.26. The van der Waals surface area contributed by atoms with Gasteiger partial charge in [0.1, 0.15) is 23.0 Å². The first kappa shape index (κ1) is 29.1. The molecular weight excluding hydrogens is 623 g/mol. The van der Waals surface area contributed by atoms with Gasteiger partial charge in [0, 0.05) is 49.8 Å². The Labute approximate surface area is 296 Å². The second-order valence-corrected chi connectivity index (χ2v) is 12.8. The van der Waals surface area contributed by atoms with Crippen LogP contribution in [0.1, 0.15) is 0 Å². The zero-order valence-electron chi connectivity index (χ0n) is 27.7. The van der Waals surface area contributed by atoms with Crippen molar-refractivity contribution in [1.29, 1.82) is 0 Å². The van der Waals surface area contributed by atoms with E-state index in [1.165, 1.54) is 10.8 Å². The van der Waals surface area contributed by atoms with Crippen LogP contribution in [-0.2, 0) is 0 Å². The topological polar surface area (TPSA) is 23.4 Å². The second-order valence-electron chi connectivity index (χ2n) is 12.8. The highest BCUT2D eigenvalue weighted by atomic mass is 16.5. The minimum Gasteiger partial charge on any atom is -0.456 e. The van der Waals surface area contributed by atoms with Gasteiger partial charge in [0.25, 0.3) is 0 Å². The van der Waals surface area contributed by atoms with E-state index in [1.54, 1.807) is 0 Å². The summed E-state index contributed by atoms with van der Waals surface area (Å²) in [6.45, 7) is 0. The molecule has 0 spiro atoms. The fourth-order valence-electron chi connectivity index (χ4n) is 7.67. The van der Waals surface area contributed by atoms with E-state index >= 15 is 0 Å². The van der Waals surface area contributed by atoms with Crippen molar-refractivity contribution in [3.63, 3.8) is 0 Å². The van der Waals surface area contributed by atoms with E-state index in [-0.39, 0.29) is 0 Å². The molecule has 0 fully saturated rings. The SMILES string of the molecule is c1ccc(-c2cccc3c2-c2ccccc2Oc2ccccc2-c2cccc(-c4cccc5c6ccccc6n(-c6ccccc6)c45)c2O3)cc1. The maximum absolute atomic E-state index is 7.38. The summed E-state index contributed by atoms with van der Waals surface area (Å²) in [5, 5.41) is 2.40. The Morgan fingerprint density at radius 2 is 0.863 bits per heavy atom. The van der Waals surface area contributed by atoms with Gasteiger partial charge in [-0.05, 0) is 47.5 Å². The minimum absolute atomic E-state index is 0.760. The maximum atomic E-state index is 7.38. The lowest BCUT2D eigenvalue weighted by molar-refractivity contribution is 0.473. The lowest BCUT2D eigenvalue weighted by atomic mass is 9.92. The van der Waals surface area contributed by atoms with Crippen LogP contribution in [0.2, 0.25) is 0 Å². The summed E-state index contributed by atoms with van der Waals surface area (Å²) in [4.78, 5) is 0. The number of hydrogen-bond acceptors (Lipinski definition) is 2. The summed E-state index contributed by atoms with van der Waals surface area (Å²) in [7, 11) is 0. The summed E-state index contributed by atoms with van der Waals surface area (Å²) in [6, 6.07) is 65.7. The average molecular weight is 654 g/mol. The number of ether oxygens (including phenoxy) is 2. The van der Waals surface area contributed by atoms with Crippen LogP contribution in [0, 0.1) is 0 Å². The Hall–Kier alpha value is -6.84. The van der Waals surface area contributed by atoms with E-state index in [1.807, 2.05) is 30.3 Å². The van der Waals surface area contributed by atoms with Crippen molar-refractivity contribution in [1.82, 2.24) is 4.57 Å². The molecule has 8 aromatic carbocycles. The molecule has 3 nitrogen and oxygen atoms in total. The average Bonchev–Trinajstić information content (AvgIpc) is 3.54. The van der Waals surface area contributed by atoms with Gasteiger partial charge in [-0.1, -0.05) is 152 Å². The van der Waals surface area contributed by atoms with E-state index in [4.69, 9.17) is 9.47 Å². The van der Waals surface area contributed by atoms with Crippen LogP contribution < -0.4 is 9.47 Å². The number of hydrogen-bond donors (Lipinski definition) is 0. The molecule has 1 aromatic heterocycles. The number of nitrogens with zero attached hydrogens (tertiary/aromatic N) is 1. The van der Waals surface area contributed by atoms with Gasteiger partial charge in [-0.2, -0.15) is 0 Å². The van der Waals surface area contributed by atoms with Crippen LogP contribution in [-0.4, -0.2) is 4.57 Å². The van der Waals surface area contributed by atoms with Gasteiger partial charge in [-0.25, -0.2) is 0 Å². The largest absolute Gasteiger partial charge is 0.456 e. The Morgan fingerprint density at radius 1 is 0.333 bits per heavy atom. The second kappa shape index (κ2) is 11.9. The van der Waals surface area contributed by atoms with Gasteiger partial charge in [0.05, 0.1) is 11.0 Å². The van der Waals surface area contributed by atoms with Gasteiger partial charge in [0.2, 0.25) is 0 Å². The van der Waals surface area contributed by atoms with Crippen LogP contribution in [0.3, 0.4) is 0 Å². The van der Waals surface area contributed by atoms with Crippen LogP contribution in [0.15, 0.2) is 188 Å². The van der Waals surface area contributed by atoms with Gasteiger partial charge in [-0.15, -0.1) is 0 Å². The van der Waals surface area contributed by atoms with Gasteiger partial charge < -0.3 is 14.0 Å². The number of benzene rings is 8. The molecule has 0 radical (unpaired) electrons. The van der Waals surface area contributed by atoms with Gasteiger partial charge >= 0.3 is 0 Å². The Bertz CT molecular complexity index is 2740. The van der Waals surface area contributed by atoms with Crippen molar-refractivity contribution < 1.29 is 9.47 Å². The standard InChI is InChI=1S/C48H31NO2/c1-3-16-32(17-4-1)34-23-15-31-45-46(34)41-22-9-12-30-44(41)50-43-29-11-8-21-36(43)39-26-14-27-40(48(39)51-45)38-25-13-24-37-35-20-7-10-28-42(35)49(47(37)38)33-18-5-2-6-19-33/h1-31H. The molecule has 2 heterocycles. The third kappa shape index (κ3) is 4.74. The lowest BCUT2D eigenvalue weighted by Gasteiger charge is -2.24. The predicted octanol–water partition coefficient (Wildman–Crippen LogP) is 13.3. The van der Waals surface area contributed by atoms with E-state index < -0.39 is 0 Å². The third-order valence-electron chi connectivity index (χ3n) is 9.89. The number of para-hydroxylation sites is 6. The first-order valence-electron chi connectivity index (χ1n) is 17.3. The van der Waals surface area contributed by atoms with Crippen molar-refractivity contribution in [3.05, 3.63) is 188 Å². The first-order chi connectivity index (χ1) is 25.3. The summed E-state index contributed by atoms with van der Waals surface area (Å²) >= 11 is 0. The predicted molar refractivity (Wildman–Crippen MR) is 209 cm³/mol. The van der Waals surface area contributed by atoms with Gasteiger partial charge in [-0.3, -0.25) is 0 Å². The molecule has 1 aliphatic heterocycles. The zero-order valence-corrected chi connectivity index (χ0v) is 27.7. The summed E-state index contributed by atoms with van der Waals surface area (Å²) in [5.74, 6) is 3.08. The quantitative estimate of drug-likeness (QED) is 0.189. The fourth-order valence-corrected chi connectivity index (χ4v) is 7.67. The fraction of sp³-hybridized carbons (Fsp3) is 0. The molecule has 1 aliphatic rings. The summed E-state index contributed by atoms with van der Waals surface area (Å²) in [5.41, 5.74) is 11.5. The number of rotatable bonds is 3. The molecular formula is C48H31NO2. The van der Waals surface area contributed by atoms with Crippen LogP contribution in [0.25, 0.3) is 72.0 Å². The summed E-state index contributed by atoms with van der Waals surface area (Å²) < 4.78 is 16.7. The molecule has 10 rings (SSSR count).